The van der Waals surface area contributed by atoms with E-state index in [0.29, 0.717) is 6.42 Å². The maximum atomic E-state index is 11.1. The fourth-order valence-electron chi connectivity index (χ4n) is 1.49. The molecule has 0 spiro atoms. The van der Waals surface area contributed by atoms with Crippen molar-refractivity contribution in [2.45, 2.75) is 30.3 Å². The van der Waals surface area contributed by atoms with Crippen LogP contribution in [0.15, 0.2) is 0 Å². The zero-order valence-electron chi connectivity index (χ0n) is 7.97. The van der Waals surface area contributed by atoms with Gasteiger partial charge in [0.1, 0.15) is 0 Å². The Labute approximate surface area is 88.0 Å². The number of carboxylic acids is 1. The van der Waals surface area contributed by atoms with Crippen molar-refractivity contribution >= 4 is 27.6 Å². The van der Waals surface area contributed by atoms with Crippen LogP contribution in [0.2, 0.25) is 0 Å². The number of thioether (sulfide) groups is 1. The molecule has 0 saturated carbocycles. The molecular formula is C8H14O4S2. The smallest absolute Gasteiger partial charge is 0.304 e. The summed E-state index contributed by atoms with van der Waals surface area (Å²) in [6.07, 6.45) is 0.762. The SMILES string of the molecule is CC(CC(=O)O)SC1CCS(=O)(=O)C1. The van der Waals surface area contributed by atoms with Crippen LogP contribution in [0.3, 0.4) is 0 Å². The number of carboxylic acid groups (broad SMARTS) is 1. The van der Waals surface area contributed by atoms with E-state index in [1.807, 2.05) is 6.92 Å². The van der Waals surface area contributed by atoms with E-state index in [9.17, 15) is 13.2 Å². The molecule has 0 radical (unpaired) electrons. The molecule has 1 aliphatic heterocycles. The molecule has 0 bridgehead atoms. The van der Waals surface area contributed by atoms with E-state index in [4.69, 9.17) is 5.11 Å². The summed E-state index contributed by atoms with van der Waals surface area (Å²) in [4.78, 5) is 10.4. The van der Waals surface area contributed by atoms with Crippen molar-refractivity contribution in [3.63, 3.8) is 0 Å². The lowest BCUT2D eigenvalue weighted by molar-refractivity contribution is -0.136. The van der Waals surface area contributed by atoms with E-state index < -0.39 is 15.8 Å². The fraction of sp³-hybridized carbons (Fsp3) is 0.875. The molecule has 1 N–H and O–H groups in total. The Kier molecular flexibility index (Phi) is 3.83. The minimum absolute atomic E-state index is 0.00852. The standard InChI is InChI=1S/C8H14O4S2/c1-6(4-8(9)10)13-7-2-3-14(11,12)5-7/h6-7H,2-5H2,1H3,(H,9,10). The first kappa shape index (κ1) is 11.8. The molecule has 1 rings (SSSR count). The predicted octanol–water partition coefficient (Wildman–Crippen LogP) is 0.770. The van der Waals surface area contributed by atoms with Gasteiger partial charge in [0.05, 0.1) is 17.9 Å². The van der Waals surface area contributed by atoms with Gasteiger partial charge in [0, 0.05) is 10.5 Å². The molecule has 1 fully saturated rings. The number of hydrogen-bond donors (Lipinski definition) is 1. The maximum Gasteiger partial charge on any atom is 0.304 e. The summed E-state index contributed by atoms with van der Waals surface area (Å²) in [5.41, 5.74) is 0. The minimum Gasteiger partial charge on any atom is -0.481 e. The quantitative estimate of drug-likeness (QED) is 0.783. The summed E-state index contributed by atoms with van der Waals surface area (Å²) in [6, 6.07) is 0. The van der Waals surface area contributed by atoms with Gasteiger partial charge in [0.2, 0.25) is 0 Å². The number of aliphatic carboxylic acids is 1. The zero-order valence-corrected chi connectivity index (χ0v) is 9.60. The second kappa shape index (κ2) is 4.53. The van der Waals surface area contributed by atoms with Crippen LogP contribution in [0.5, 0.6) is 0 Å². The van der Waals surface area contributed by atoms with E-state index in [0.717, 1.165) is 0 Å². The van der Waals surface area contributed by atoms with Gasteiger partial charge in [0.15, 0.2) is 9.84 Å². The lowest BCUT2D eigenvalue weighted by Gasteiger charge is -2.12. The van der Waals surface area contributed by atoms with Crippen molar-refractivity contribution in [2.75, 3.05) is 11.5 Å². The molecule has 2 unspecified atom stereocenters. The molecule has 0 aromatic heterocycles. The second-order valence-electron chi connectivity index (χ2n) is 3.57. The van der Waals surface area contributed by atoms with Crippen molar-refractivity contribution in [3.8, 4) is 0 Å². The van der Waals surface area contributed by atoms with E-state index in [1.165, 1.54) is 11.8 Å². The van der Waals surface area contributed by atoms with E-state index in [1.54, 1.807) is 0 Å². The Morgan fingerprint density at radius 3 is 2.71 bits per heavy atom. The fourth-order valence-corrected chi connectivity index (χ4v) is 5.27. The molecule has 1 heterocycles. The van der Waals surface area contributed by atoms with Gasteiger partial charge >= 0.3 is 5.97 Å². The van der Waals surface area contributed by atoms with Crippen molar-refractivity contribution in [1.82, 2.24) is 0 Å². The number of hydrogen-bond acceptors (Lipinski definition) is 4. The molecule has 14 heavy (non-hydrogen) atoms. The van der Waals surface area contributed by atoms with Crippen LogP contribution < -0.4 is 0 Å². The molecule has 0 aromatic rings. The van der Waals surface area contributed by atoms with Gasteiger partial charge in [-0.2, -0.15) is 11.8 Å². The number of carbonyl (C=O) groups is 1. The zero-order chi connectivity index (χ0) is 10.8. The van der Waals surface area contributed by atoms with Crippen LogP contribution in [-0.2, 0) is 14.6 Å². The van der Waals surface area contributed by atoms with Crippen LogP contribution in [-0.4, -0.2) is 41.5 Å². The van der Waals surface area contributed by atoms with Gasteiger partial charge in [-0.1, -0.05) is 6.92 Å². The molecule has 2 atom stereocenters. The summed E-state index contributed by atoms with van der Waals surface area (Å²) in [7, 11) is -2.84. The van der Waals surface area contributed by atoms with Gasteiger partial charge in [-0.3, -0.25) is 4.79 Å². The second-order valence-corrected chi connectivity index (χ2v) is 7.54. The van der Waals surface area contributed by atoms with Crippen molar-refractivity contribution in [2.24, 2.45) is 0 Å². The van der Waals surface area contributed by atoms with Gasteiger partial charge in [-0.25, -0.2) is 8.42 Å². The topological polar surface area (TPSA) is 71.4 Å². The molecule has 82 valence electrons. The Morgan fingerprint density at radius 2 is 2.29 bits per heavy atom. The van der Waals surface area contributed by atoms with E-state index >= 15 is 0 Å². The van der Waals surface area contributed by atoms with E-state index in [2.05, 4.69) is 0 Å². The van der Waals surface area contributed by atoms with Crippen molar-refractivity contribution in [3.05, 3.63) is 0 Å². The van der Waals surface area contributed by atoms with Gasteiger partial charge < -0.3 is 5.11 Å². The number of rotatable bonds is 4. The van der Waals surface area contributed by atoms with Crippen molar-refractivity contribution < 1.29 is 18.3 Å². The molecule has 0 amide bonds. The Balaban J connectivity index is 2.36. The minimum atomic E-state index is -2.84. The summed E-state index contributed by atoms with van der Waals surface area (Å²) >= 11 is 1.48. The Bertz CT molecular complexity index is 309. The van der Waals surface area contributed by atoms with Crippen LogP contribution in [0.1, 0.15) is 19.8 Å². The predicted molar refractivity (Wildman–Crippen MR) is 56.4 cm³/mol. The normalized spacial score (nSPS) is 27.4. The summed E-state index contributed by atoms with van der Waals surface area (Å²) in [5, 5.41) is 8.61. The lowest BCUT2D eigenvalue weighted by Crippen LogP contribution is -2.13. The third-order valence-corrected chi connectivity index (χ3v) is 5.47. The average Bonchev–Trinajstić information content (AvgIpc) is 2.27. The summed E-state index contributed by atoms with van der Waals surface area (Å²) < 4.78 is 22.2. The molecular weight excluding hydrogens is 224 g/mol. The highest BCUT2D eigenvalue weighted by Gasteiger charge is 2.29. The maximum absolute atomic E-state index is 11.1. The number of sulfone groups is 1. The van der Waals surface area contributed by atoms with Crippen LogP contribution in [0, 0.1) is 0 Å². The lowest BCUT2D eigenvalue weighted by atomic mass is 10.3. The summed E-state index contributed by atoms with van der Waals surface area (Å²) in [6.45, 7) is 1.82. The first-order chi connectivity index (χ1) is 6.39. The van der Waals surface area contributed by atoms with Crippen molar-refractivity contribution in [1.29, 1.82) is 0 Å². The van der Waals surface area contributed by atoms with Gasteiger partial charge in [-0.15, -0.1) is 0 Å². The molecule has 4 nitrogen and oxygen atoms in total. The third-order valence-electron chi connectivity index (χ3n) is 2.08. The van der Waals surface area contributed by atoms with Crippen LogP contribution >= 0.6 is 11.8 Å². The highest BCUT2D eigenvalue weighted by molar-refractivity contribution is 8.02. The van der Waals surface area contributed by atoms with Gasteiger partial charge in [-0.05, 0) is 6.42 Å². The highest BCUT2D eigenvalue weighted by atomic mass is 32.2. The molecule has 1 saturated heterocycles. The first-order valence-electron chi connectivity index (χ1n) is 4.47. The van der Waals surface area contributed by atoms with Crippen LogP contribution in [0.4, 0.5) is 0 Å². The first-order valence-corrected chi connectivity index (χ1v) is 7.23. The Morgan fingerprint density at radius 1 is 1.64 bits per heavy atom. The summed E-state index contributed by atoms with van der Waals surface area (Å²) in [5.74, 6) is -0.364. The van der Waals surface area contributed by atoms with Crippen LogP contribution in [0.25, 0.3) is 0 Å². The molecule has 6 heteroatoms. The van der Waals surface area contributed by atoms with Gasteiger partial charge in [0.25, 0.3) is 0 Å². The average molecular weight is 238 g/mol. The monoisotopic (exact) mass is 238 g/mol. The molecule has 0 aromatic carbocycles. The molecule has 1 aliphatic rings. The Hall–Kier alpha value is -0.230. The largest absolute Gasteiger partial charge is 0.481 e. The van der Waals surface area contributed by atoms with E-state index in [-0.39, 0.29) is 28.4 Å². The highest BCUT2D eigenvalue weighted by Crippen LogP contribution is 2.28. The molecule has 0 aliphatic carbocycles. The third kappa shape index (κ3) is 3.88.